The van der Waals surface area contributed by atoms with E-state index in [0.29, 0.717) is 27.6 Å². The third-order valence-electron chi connectivity index (χ3n) is 5.80. The third-order valence-corrected chi connectivity index (χ3v) is 5.80. The van der Waals surface area contributed by atoms with E-state index in [9.17, 15) is 36.2 Å². The molecule has 1 heterocycles. The molecule has 2 aromatic carbocycles. The highest BCUT2D eigenvalue weighted by Gasteiger charge is 2.25. The van der Waals surface area contributed by atoms with Crippen LogP contribution in [0.15, 0.2) is 57.9 Å². The van der Waals surface area contributed by atoms with E-state index in [4.69, 9.17) is 4.42 Å². The monoisotopic (exact) mass is 522 g/mol. The highest BCUT2D eigenvalue weighted by molar-refractivity contribution is 6.08. The van der Waals surface area contributed by atoms with Crippen molar-refractivity contribution in [3.63, 3.8) is 0 Å². The molecule has 2 aromatic rings. The maximum atomic E-state index is 13.7. The Hall–Kier alpha value is -4.02. The number of benzene rings is 3. The van der Waals surface area contributed by atoms with Crippen LogP contribution in [0.2, 0.25) is 0 Å². The van der Waals surface area contributed by atoms with E-state index in [1.54, 1.807) is 19.1 Å². The maximum absolute atomic E-state index is 13.7. The molecule has 0 spiro atoms. The third kappa shape index (κ3) is 5.11. The molecule has 2 aliphatic rings. The minimum absolute atomic E-state index is 0.000542. The van der Waals surface area contributed by atoms with Crippen molar-refractivity contribution in [1.82, 2.24) is 0 Å². The number of aryl methyl sites for hydroxylation is 2. The number of carboxylic acids is 1. The lowest BCUT2D eigenvalue weighted by Gasteiger charge is -2.20. The van der Waals surface area contributed by atoms with E-state index in [2.05, 4.69) is 10.3 Å². The molecule has 0 fully saturated rings. The van der Waals surface area contributed by atoms with Crippen LogP contribution in [0.25, 0.3) is 33.4 Å². The summed E-state index contributed by atoms with van der Waals surface area (Å²) in [5, 5.41) is 12.1. The Balaban J connectivity index is 2.10. The molecule has 2 N–H and O–H groups in total. The molecule has 5 nitrogen and oxygen atoms in total. The van der Waals surface area contributed by atoms with Crippen molar-refractivity contribution >= 4 is 22.6 Å². The minimum Gasteiger partial charge on any atom is -0.478 e. The second kappa shape index (κ2) is 10.2. The Morgan fingerprint density at radius 1 is 0.919 bits per heavy atom. The molecule has 11 heteroatoms. The quantitative estimate of drug-likeness (QED) is 0.156. The van der Waals surface area contributed by atoms with Gasteiger partial charge in [-0.3, -0.25) is 0 Å². The van der Waals surface area contributed by atoms with Crippen LogP contribution in [0.1, 0.15) is 21.5 Å². The number of hydrogen-bond donors (Lipinski definition) is 2. The first-order chi connectivity index (χ1) is 17.5. The number of fused-ring (bicyclic) bond motifs is 2. The van der Waals surface area contributed by atoms with Crippen LogP contribution in [0, 0.1) is 13.8 Å². The van der Waals surface area contributed by atoms with Gasteiger partial charge >= 0.3 is 5.97 Å². The summed E-state index contributed by atoms with van der Waals surface area (Å²) in [5.41, 5.74) is 1.75. The van der Waals surface area contributed by atoms with Crippen LogP contribution < -0.4 is 10.7 Å². The molecule has 1 aliphatic heterocycles. The molecule has 0 bridgehead atoms. The summed E-state index contributed by atoms with van der Waals surface area (Å²) in [4.78, 5) is 15.4. The molecule has 0 saturated heterocycles. The van der Waals surface area contributed by atoms with Crippen molar-refractivity contribution in [2.45, 2.75) is 39.3 Å². The predicted molar refractivity (Wildman–Crippen MR) is 126 cm³/mol. The smallest absolute Gasteiger partial charge is 0.336 e. The highest BCUT2D eigenvalue weighted by Crippen LogP contribution is 2.43. The van der Waals surface area contributed by atoms with Gasteiger partial charge in [-0.25, -0.2) is 36.1 Å². The summed E-state index contributed by atoms with van der Waals surface area (Å²) in [5.74, 6) is -1.18. The van der Waals surface area contributed by atoms with E-state index in [1.807, 2.05) is 0 Å². The number of carbonyl (C=O) groups is 1. The van der Waals surface area contributed by atoms with Gasteiger partial charge in [0.1, 0.15) is 11.3 Å². The van der Waals surface area contributed by atoms with E-state index >= 15 is 0 Å². The first-order valence-corrected chi connectivity index (χ1v) is 11.0. The highest BCUT2D eigenvalue weighted by atomic mass is 19.3. The fraction of sp³-hybridized carbons (Fsp3) is 0.231. The van der Waals surface area contributed by atoms with Crippen molar-refractivity contribution in [2.24, 2.45) is 4.99 Å². The molecule has 37 heavy (non-hydrogen) atoms. The van der Waals surface area contributed by atoms with Gasteiger partial charge in [-0.2, -0.15) is 0 Å². The van der Waals surface area contributed by atoms with Crippen LogP contribution in [0.5, 0.6) is 0 Å². The number of anilines is 1. The molecule has 0 saturated carbocycles. The van der Waals surface area contributed by atoms with Gasteiger partial charge in [0.2, 0.25) is 6.30 Å². The number of rotatable bonds is 7. The summed E-state index contributed by atoms with van der Waals surface area (Å²) in [6.07, 6.45) is -12.1. The fourth-order valence-corrected chi connectivity index (χ4v) is 4.06. The van der Waals surface area contributed by atoms with E-state index in [1.165, 1.54) is 43.3 Å². The van der Waals surface area contributed by atoms with Crippen molar-refractivity contribution < 1.29 is 40.7 Å². The average molecular weight is 522 g/mol. The number of aromatic carboxylic acids is 1. The van der Waals surface area contributed by atoms with Crippen LogP contribution in [0.4, 0.5) is 32.0 Å². The second-order valence-electron chi connectivity index (χ2n) is 8.34. The number of nitrogens with zero attached hydrogens (tertiary/aromatic N) is 1. The summed E-state index contributed by atoms with van der Waals surface area (Å²) >= 11 is 0. The van der Waals surface area contributed by atoms with Gasteiger partial charge in [0.05, 0.1) is 10.9 Å². The predicted octanol–water partition coefficient (Wildman–Crippen LogP) is 6.95. The lowest BCUT2D eigenvalue weighted by Crippen LogP contribution is -2.22. The van der Waals surface area contributed by atoms with Crippen molar-refractivity contribution in [2.75, 3.05) is 5.32 Å². The fourth-order valence-electron chi connectivity index (χ4n) is 4.06. The molecule has 0 amide bonds. The van der Waals surface area contributed by atoms with Crippen LogP contribution >= 0.6 is 0 Å². The van der Waals surface area contributed by atoms with Crippen molar-refractivity contribution in [1.29, 1.82) is 0 Å². The maximum Gasteiger partial charge on any atom is 0.336 e. The second-order valence-corrected chi connectivity index (χ2v) is 8.34. The summed E-state index contributed by atoms with van der Waals surface area (Å²) in [6.45, 7) is 3.08. The van der Waals surface area contributed by atoms with Crippen LogP contribution in [-0.2, 0) is 0 Å². The van der Waals surface area contributed by atoms with Gasteiger partial charge in [-0.05, 0) is 48.7 Å². The van der Waals surface area contributed by atoms with Gasteiger partial charge in [-0.1, -0.05) is 18.2 Å². The molecule has 0 radical (unpaired) electrons. The van der Waals surface area contributed by atoms with Gasteiger partial charge in [-0.15, -0.1) is 0 Å². The van der Waals surface area contributed by atoms with Gasteiger partial charge in [0.15, 0.2) is 0 Å². The van der Waals surface area contributed by atoms with Gasteiger partial charge in [0.25, 0.3) is 19.1 Å². The number of halogens is 6. The van der Waals surface area contributed by atoms with Crippen LogP contribution in [0.3, 0.4) is 0 Å². The van der Waals surface area contributed by atoms with E-state index in [-0.39, 0.29) is 33.5 Å². The Bertz CT molecular complexity index is 1520. The van der Waals surface area contributed by atoms with E-state index in [0.717, 1.165) is 0 Å². The summed E-state index contributed by atoms with van der Waals surface area (Å²) in [7, 11) is 0. The normalized spacial score (nSPS) is 14.1. The molecule has 2 atom stereocenters. The van der Waals surface area contributed by atoms with Gasteiger partial charge < -0.3 is 14.8 Å². The summed E-state index contributed by atoms with van der Waals surface area (Å²) in [6, 6.07) is 11.7. The molecular formula is C26H20F6N2O3. The van der Waals surface area contributed by atoms with Crippen molar-refractivity contribution in [3.05, 3.63) is 70.6 Å². The SMILES string of the molecule is Cc1cc2c(-c3ccccc3C(=O)O)c3cc(C)c(=NC(F)C(F)F)cc-3oc2cc1NC(F)C(F)F. The summed E-state index contributed by atoms with van der Waals surface area (Å²) < 4.78 is 84.5. The average Bonchev–Trinajstić information content (AvgIpc) is 2.84. The molecule has 0 aromatic heterocycles. The first kappa shape index (κ1) is 26.1. The topological polar surface area (TPSA) is 74.8 Å². The Kier molecular flexibility index (Phi) is 7.15. The van der Waals surface area contributed by atoms with Crippen LogP contribution in [-0.4, -0.2) is 36.5 Å². The Morgan fingerprint density at radius 2 is 1.62 bits per heavy atom. The zero-order valence-electron chi connectivity index (χ0n) is 19.4. The first-order valence-electron chi connectivity index (χ1n) is 11.0. The number of alkyl halides is 6. The molecule has 4 rings (SSSR count). The minimum atomic E-state index is -3.35. The van der Waals surface area contributed by atoms with Crippen molar-refractivity contribution in [3.8, 4) is 22.5 Å². The number of carboxylic acid groups (broad SMARTS) is 1. The molecule has 194 valence electrons. The standard InChI is InChI=1S/C26H20F6N2O3/c1-11-7-15-19(9-17(11)33-24(31)22(27)28)37-20-10-18(34-25(32)23(29)30)12(2)8-16(20)21(15)13-5-3-4-6-14(13)26(35)36/h3-10,22-25,33H,1-2H3,(H,35,36). The molecule has 2 unspecified atom stereocenters. The zero-order chi connectivity index (χ0) is 27.0. The zero-order valence-corrected chi connectivity index (χ0v) is 19.4. The number of nitrogens with one attached hydrogen (secondary N) is 1. The van der Waals surface area contributed by atoms with E-state index < -0.39 is 31.4 Å². The molecular weight excluding hydrogens is 502 g/mol. The lowest BCUT2D eigenvalue weighted by atomic mass is 9.89. The van der Waals surface area contributed by atoms with Gasteiger partial charge in [0, 0.05) is 34.3 Å². The number of hydrogen-bond acceptors (Lipinski definition) is 4. The Morgan fingerprint density at radius 3 is 2.27 bits per heavy atom. The lowest BCUT2D eigenvalue weighted by molar-refractivity contribution is 0.0529. The Labute approximate surface area is 206 Å². The largest absolute Gasteiger partial charge is 0.478 e. The molecule has 1 aliphatic carbocycles.